The zero-order valence-corrected chi connectivity index (χ0v) is 13.5. The molecular weight excluding hydrogens is 318 g/mol. The van der Waals surface area contributed by atoms with Crippen molar-refractivity contribution in [2.75, 3.05) is 19.6 Å². The summed E-state index contributed by atoms with van der Waals surface area (Å²) < 4.78 is 0. The van der Waals surface area contributed by atoms with Gasteiger partial charge in [0.15, 0.2) is 0 Å². The minimum Gasteiger partial charge on any atom is -0.336 e. The number of fused-ring (bicyclic) bond motifs is 1. The van der Waals surface area contributed by atoms with Crippen LogP contribution >= 0.6 is 22.7 Å². The first-order chi connectivity index (χ1) is 10.7. The number of hydrogen-bond donors (Lipinski definition) is 0. The fourth-order valence-electron chi connectivity index (χ4n) is 3.41. The summed E-state index contributed by atoms with van der Waals surface area (Å²) in [5, 5.41) is 5.59. The van der Waals surface area contributed by atoms with Crippen LogP contribution in [-0.2, 0) is 0 Å². The maximum absolute atomic E-state index is 12.5. The van der Waals surface area contributed by atoms with Gasteiger partial charge in [-0.15, -0.1) is 11.3 Å². The number of carbonyl (C=O) groups is 2. The Bertz CT molecular complexity index is 684. The number of rotatable bonds is 2. The Hall–Kier alpha value is -1.73. The van der Waals surface area contributed by atoms with Gasteiger partial charge >= 0.3 is 0 Å². The van der Waals surface area contributed by atoms with E-state index in [-0.39, 0.29) is 17.9 Å². The van der Waals surface area contributed by atoms with Gasteiger partial charge in [-0.25, -0.2) is 4.98 Å². The molecule has 2 saturated heterocycles. The molecule has 0 saturated carbocycles. The lowest BCUT2D eigenvalue weighted by Gasteiger charge is -2.24. The molecular formula is C15H15N3O2S2. The van der Waals surface area contributed by atoms with Crippen LogP contribution in [0.2, 0.25) is 0 Å². The number of hydrogen-bond acceptors (Lipinski definition) is 5. The molecule has 7 heteroatoms. The van der Waals surface area contributed by atoms with Gasteiger partial charge in [-0.05, 0) is 17.9 Å². The van der Waals surface area contributed by atoms with Gasteiger partial charge in [0, 0.05) is 36.3 Å². The van der Waals surface area contributed by atoms with Crippen LogP contribution < -0.4 is 0 Å². The van der Waals surface area contributed by atoms with Gasteiger partial charge < -0.3 is 9.80 Å². The fourth-order valence-corrected chi connectivity index (χ4v) is 4.57. The molecule has 0 N–H and O–H groups in total. The summed E-state index contributed by atoms with van der Waals surface area (Å²) in [7, 11) is 0. The Morgan fingerprint density at radius 1 is 1.18 bits per heavy atom. The summed E-state index contributed by atoms with van der Waals surface area (Å²) in [6, 6.07) is 2.00. The predicted octanol–water partition coefficient (Wildman–Crippen LogP) is 2.19. The molecule has 2 aliphatic heterocycles. The molecule has 22 heavy (non-hydrogen) atoms. The third kappa shape index (κ3) is 2.24. The summed E-state index contributed by atoms with van der Waals surface area (Å²) in [6.45, 7) is 2.15. The van der Waals surface area contributed by atoms with Crippen LogP contribution in [0.1, 0.15) is 27.3 Å². The van der Waals surface area contributed by atoms with Crippen molar-refractivity contribution < 1.29 is 9.59 Å². The van der Waals surface area contributed by atoms with E-state index in [1.165, 1.54) is 22.7 Å². The summed E-state index contributed by atoms with van der Waals surface area (Å²) in [5.41, 5.74) is 2.96. The lowest BCUT2D eigenvalue weighted by atomic mass is 10.1. The number of thiophene rings is 1. The zero-order valence-electron chi connectivity index (χ0n) is 11.8. The highest BCUT2D eigenvalue weighted by Gasteiger charge is 2.45. The van der Waals surface area contributed by atoms with Crippen LogP contribution in [0.25, 0.3) is 0 Å². The number of likely N-dealkylation sites (tertiary alicyclic amines) is 2. The summed E-state index contributed by atoms with van der Waals surface area (Å²) >= 11 is 2.97. The van der Waals surface area contributed by atoms with Crippen LogP contribution in [-0.4, -0.2) is 52.3 Å². The standard InChI is InChI=1S/C15H15N3O2S2/c19-14(11-2-4-21-7-11)17-5-10-1-3-18(13(10)6-17)15(20)12-8-22-9-16-12/h2,4,7-10,13H,1,3,5-6H2/t10-,13+/m0/s1. The lowest BCUT2D eigenvalue weighted by molar-refractivity contribution is 0.0686. The van der Waals surface area contributed by atoms with E-state index in [1.807, 2.05) is 26.6 Å². The average molecular weight is 333 g/mol. The van der Waals surface area contributed by atoms with E-state index in [2.05, 4.69) is 4.98 Å². The van der Waals surface area contributed by atoms with Gasteiger partial charge in [0.1, 0.15) is 5.69 Å². The Morgan fingerprint density at radius 2 is 2.09 bits per heavy atom. The largest absolute Gasteiger partial charge is 0.336 e. The van der Waals surface area contributed by atoms with Crippen molar-refractivity contribution >= 4 is 34.5 Å². The zero-order chi connectivity index (χ0) is 15.1. The molecule has 2 aliphatic rings. The third-order valence-electron chi connectivity index (χ3n) is 4.52. The molecule has 114 valence electrons. The van der Waals surface area contributed by atoms with E-state index in [0.29, 0.717) is 18.2 Å². The van der Waals surface area contributed by atoms with Crippen molar-refractivity contribution in [1.82, 2.24) is 14.8 Å². The van der Waals surface area contributed by atoms with Crippen molar-refractivity contribution in [3.8, 4) is 0 Å². The second kappa shape index (κ2) is 5.48. The van der Waals surface area contributed by atoms with Crippen molar-refractivity contribution in [2.24, 2.45) is 5.92 Å². The van der Waals surface area contributed by atoms with E-state index in [0.717, 1.165) is 25.1 Å². The average Bonchev–Trinajstić information content (AvgIpc) is 3.29. The van der Waals surface area contributed by atoms with Crippen LogP contribution in [0.15, 0.2) is 27.7 Å². The van der Waals surface area contributed by atoms with Crippen molar-refractivity contribution in [3.05, 3.63) is 39.0 Å². The predicted molar refractivity (Wildman–Crippen MR) is 85.3 cm³/mol. The van der Waals surface area contributed by atoms with Crippen molar-refractivity contribution in [1.29, 1.82) is 0 Å². The number of amides is 2. The normalized spacial score (nSPS) is 23.8. The first-order valence-electron chi connectivity index (χ1n) is 7.24. The van der Waals surface area contributed by atoms with Gasteiger partial charge in [0.05, 0.1) is 17.1 Å². The molecule has 2 amide bonds. The number of nitrogens with zero attached hydrogens (tertiary/aromatic N) is 3. The molecule has 2 aromatic rings. The first-order valence-corrected chi connectivity index (χ1v) is 9.13. The molecule has 0 bridgehead atoms. The molecule has 0 aliphatic carbocycles. The maximum Gasteiger partial charge on any atom is 0.273 e. The third-order valence-corrected chi connectivity index (χ3v) is 5.78. The highest BCUT2D eigenvalue weighted by Crippen LogP contribution is 2.33. The highest BCUT2D eigenvalue weighted by atomic mass is 32.1. The van der Waals surface area contributed by atoms with E-state index in [1.54, 1.807) is 10.9 Å². The van der Waals surface area contributed by atoms with E-state index in [4.69, 9.17) is 0 Å². The molecule has 0 radical (unpaired) electrons. The minimum atomic E-state index is -0.00131. The summed E-state index contributed by atoms with van der Waals surface area (Å²) in [6.07, 6.45) is 0.966. The van der Waals surface area contributed by atoms with Crippen LogP contribution in [0.3, 0.4) is 0 Å². The van der Waals surface area contributed by atoms with E-state index >= 15 is 0 Å². The number of carbonyl (C=O) groups excluding carboxylic acids is 2. The van der Waals surface area contributed by atoms with Crippen LogP contribution in [0.5, 0.6) is 0 Å². The minimum absolute atomic E-state index is 0.00131. The monoisotopic (exact) mass is 333 g/mol. The van der Waals surface area contributed by atoms with Crippen molar-refractivity contribution in [2.45, 2.75) is 12.5 Å². The Morgan fingerprint density at radius 3 is 2.82 bits per heavy atom. The first kappa shape index (κ1) is 13.9. The number of aromatic nitrogens is 1. The van der Waals surface area contributed by atoms with Crippen LogP contribution in [0, 0.1) is 5.92 Å². The van der Waals surface area contributed by atoms with Gasteiger partial charge in [0.25, 0.3) is 11.8 Å². The molecule has 5 nitrogen and oxygen atoms in total. The maximum atomic E-state index is 12.5. The second-order valence-corrected chi connectivity index (χ2v) is 7.21. The van der Waals surface area contributed by atoms with Gasteiger partial charge in [-0.2, -0.15) is 11.3 Å². The van der Waals surface area contributed by atoms with E-state index < -0.39 is 0 Å². The molecule has 2 fully saturated rings. The van der Waals surface area contributed by atoms with Gasteiger partial charge in [0.2, 0.25) is 0 Å². The summed E-state index contributed by atoms with van der Waals surface area (Å²) in [4.78, 5) is 32.9. The fraction of sp³-hybridized carbons (Fsp3) is 0.400. The van der Waals surface area contributed by atoms with Gasteiger partial charge in [-0.1, -0.05) is 0 Å². The smallest absolute Gasteiger partial charge is 0.273 e. The number of thiazole rings is 1. The molecule has 2 aromatic heterocycles. The van der Waals surface area contributed by atoms with Crippen molar-refractivity contribution in [3.63, 3.8) is 0 Å². The second-order valence-electron chi connectivity index (χ2n) is 5.71. The van der Waals surface area contributed by atoms with E-state index in [9.17, 15) is 9.59 Å². The molecule has 4 rings (SSSR count). The molecule has 0 spiro atoms. The highest BCUT2D eigenvalue weighted by molar-refractivity contribution is 7.08. The topological polar surface area (TPSA) is 53.5 Å². The Labute approximate surface area is 136 Å². The Balaban J connectivity index is 1.49. The quantitative estimate of drug-likeness (QED) is 0.846. The van der Waals surface area contributed by atoms with Crippen LogP contribution in [0.4, 0.5) is 0 Å². The molecule has 0 unspecified atom stereocenters. The SMILES string of the molecule is O=C(c1ccsc1)N1C[C@@H]2CCN(C(=O)c3cscn3)[C@@H]2C1. The molecule has 0 aromatic carbocycles. The lowest BCUT2D eigenvalue weighted by Crippen LogP contribution is -2.40. The molecule has 2 atom stereocenters. The summed E-state index contributed by atoms with van der Waals surface area (Å²) in [5.74, 6) is 0.473. The van der Waals surface area contributed by atoms with Gasteiger partial charge in [-0.3, -0.25) is 9.59 Å². The Kier molecular flexibility index (Phi) is 3.46. The molecule has 4 heterocycles.